The second-order valence-electron chi connectivity index (χ2n) is 5.41. The number of nitriles is 1. The van der Waals surface area contributed by atoms with Crippen LogP contribution < -0.4 is 10.1 Å². The molecule has 0 aliphatic heterocycles. The van der Waals surface area contributed by atoms with Crippen LogP contribution in [-0.4, -0.2) is 12.1 Å². The minimum absolute atomic E-state index is 0.277. The monoisotopic (exact) mass is 333 g/mol. The molecule has 0 radical (unpaired) electrons. The van der Waals surface area contributed by atoms with Crippen molar-refractivity contribution in [2.45, 2.75) is 6.54 Å². The molecule has 3 aromatic rings. The van der Waals surface area contributed by atoms with Crippen LogP contribution in [0.3, 0.4) is 0 Å². The van der Waals surface area contributed by atoms with E-state index in [0.29, 0.717) is 17.9 Å². The maximum absolute atomic E-state index is 13.0. The smallest absolute Gasteiger partial charge is 0.144 e. The molecule has 0 spiro atoms. The van der Waals surface area contributed by atoms with Gasteiger partial charge in [0.2, 0.25) is 0 Å². The zero-order valence-corrected chi connectivity index (χ0v) is 13.7. The van der Waals surface area contributed by atoms with Crippen LogP contribution in [0.5, 0.6) is 5.75 Å². The Hall–Kier alpha value is -3.39. The van der Waals surface area contributed by atoms with Gasteiger partial charge in [-0.2, -0.15) is 5.26 Å². The molecule has 0 atom stereocenters. The van der Waals surface area contributed by atoms with Crippen LogP contribution in [0, 0.1) is 17.1 Å². The lowest BCUT2D eigenvalue weighted by atomic mass is 10.1. The van der Waals surface area contributed by atoms with Crippen LogP contribution in [0.15, 0.2) is 60.7 Å². The van der Waals surface area contributed by atoms with E-state index in [1.165, 1.54) is 12.1 Å². The number of anilines is 1. The summed E-state index contributed by atoms with van der Waals surface area (Å²) in [5, 5.41) is 12.4. The Morgan fingerprint density at radius 1 is 1.04 bits per heavy atom. The zero-order chi connectivity index (χ0) is 17.6. The molecule has 0 fully saturated rings. The molecular weight excluding hydrogens is 317 g/mol. The SMILES string of the molecule is COc1ccc(-c2ccc(C#N)c(NCc3ccc(F)cc3)n2)cc1. The predicted molar refractivity (Wildman–Crippen MR) is 94.7 cm³/mol. The van der Waals surface area contributed by atoms with Gasteiger partial charge in [0.25, 0.3) is 0 Å². The van der Waals surface area contributed by atoms with E-state index in [1.807, 2.05) is 30.3 Å². The van der Waals surface area contributed by atoms with Crippen molar-refractivity contribution in [2.75, 3.05) is 12.4 Å². The van der Waals surface area contributed by atoms with Gasteiger partial charge in [-0.3, -0.25) is 0 Å². The van der Waals surface area contributed by atoms with Crippen LogP contribution in [0.2, 0.25) is 0 Å². The third-order valence-electron chi connectivity index (χ3n) is 3.77. The lowest BCUT2D eigenvalue weighted by molar-refractivity contribution is 0.415. The van der Waals surface area contributed by atoms with Crippen molar-refractivity contribution in [1.82, 2.24) is 4.98 Å². The van der Waals surface area contributed by atoms with Gasteiger partial charge < -0.3 is 10.1 Å². The molecule has 1 heterocycles. The van der Waals surface area contributed by atoms with Crippen molar-refractivity contribution in [3.8, 4) is 23.1 Å². The Bertz CT molecular complexity index is 900. The molecule has 3 rings (SSSR count). The summed E-state index contributed by atoms with van der Waals surface area (Å²) in [5.41, 5.74) is 3.04. The summed E-state index contributed by atoms with van der Waals surface area (Å²) in [6.07, 6.45) is 0. The summed E-state index contributed by atoms with van der Waals surface area (Å²) in [4.78, 5) is 4.55. The molecule has 25 heavy (non-hydrogen) atoms. The van der Waals surface area contributed by atoms with E-state index in [9.17, 15) is 9.65 Å². The summed E-state index contributed by atoms with van der Waals surface area (Å²) in [7, 11) is 1.62. The van der Waals surface area contributed by atoms with E-state index in [4.69, 9.17) is 4.74 Å². The van der Waals surface area contributed by atoms with Gasteiger partial charge in [0.1, 0.15) is 23.5 Å². The first kappa shape index (κ1) is 16.5. The molecular formula is C20H16FN3O. The summed E-state index contributed by atoms with van der Waals surface area (Å²) in [6.45, 7) is 0.452. The highest BCUT2D eigenvalue weighted by Crippen LogP contribution is 2.24. The normalized spacial score (nSPS) is 10.1. The highest BCUT2D eigenvalue weighted by atomic mass is 19.1. The van der Waals surface area contributed by atoms with Gasteiger partial charge in [0.15, 0.2) is 0 Å². The highest BCUT2D eigenvalue weighted by Gasteiger charge is 2.07. The van der Waals surface area contributed by atoms with Gasteiger partial charge in [0.05, 0.1) is 18.4 Å². The molecule has 124 valence electrons. The number of methoxy groups -OCH3 is 1. The maximum Gasteiger partial charge on any atom is 0.144 e. The van der Waals surface area contributed by atoms with Crippen LogP contribution in [0.1, 0.15) is 11.1 Å². The molecule has 1 N–H and O–H groups in total. The second kappa shape index (κ2) is 7.45. The Morgan fingerprint density at radius 2 is 1.76 bits per heavy atom. The Labute approximate surface area is 145 Å². The fourth-order valence-electron chi connectivity index (χ4n) is 2.39. The van der Waals surface area contributed by atoms with E-state index in [0.717, 1.165) is 22.6 Å². The van der Waals surface area contributed by atoms with Gasteiger partial charge in [-0.1, -0.05) is 12.1 Å². The van der Waals surface area contributed by atoms with E-state index in [1.54, 1.807) is 25.3 Å². The lowest BCUT2D eigenvalue weighted by Crippen LogP contribution is -2.04. The van der Waals surface area contributed by atoms with Gasteiger partial charge in [-0.15, -0.1) is 0 Å². The third kappa shape index (κ3) is 3.93. The number of aromatic nitrogens is 1. The number of nitrogens with zero attached hydrogens (tertiary/aromatic N) is 2. The number of nitrogens with one attached hydrogen (secondary N) is 1. The van der Waals surface area contributed by atoms with Crippen molar-refractivity contribution in [1.29, 1.82) is 5.26 Å². The summed E-state index contributed by atoms with van der Waals surface area (Å²) < 4.78 is 18.1. The fourth-order valence-corrected chi connectivity index (χ4v) is 2.39. The maximum atomic E-state index is 13.0. The summed E-state index contributed by atoms with van der Waals surface area (Å²) >= 11 is 0. The molecule has 0 aliphatic rings. The minimum Gasteiger partial charge on any atom is -0.497 e. The Balaban J connectivity index is 1.84. The van der Waals surface area contributed by atoms with E-state index < -0.39 is 0 Å². The average molecular weight is 333 g/mol. The van der Waals surface area contributed by atoms with Crippen LogP contribution in [0.4, 0.5) is 10.2 Å². The van der Waals surface area contributed by atoms with Crippen molar-refractivity contribution < 1.29 is 9.13 Å². The molecule has 0 bridgehead atoms. The predicted octanol–water partition coefficient (Wildman–Crippen LogP) is 4.38. The van der Waals surface area contributed by atoms with Gasteiger partial charge >= 0.3 is 0 Å². The number of benzene rings is 2. The zero-order valence-electron chi connectivity index (χ0n) is 13.7. The summed E-state index contributed by atoms with van der Waals surface area (Å²) in [5.74, 6) is 0.994. The van der Waals surface area contributed by atoms with Gasteiger partial charge in [-0.25, -0.2) is 9.37 Å². The summed E-state index contributed by atoms with van der Waals surface area (Å²) in [6, 6.07) is 19.4. The first-order chi connectivity index (χ1) is 12.2. The number of pyridine rings is 1. The number of rotatable bonds is 5. The van der Waals surface area contributed by atoms with Crippen molar-refractivity contribution in [2.24, 2.45) is 0 Å². The molecule has 0 saturated carbocycles. The van der Waals surface area contributed by atoms with Crippen LogP contribution in [0.25, 0.3) is 11.3 Å². The Morgan fingerprint density at radius 3 is 2.40 bits per heavy atom. The molecule has 4 nitrogen and oxygen atoms in total. The second-order valence-corrected chi connectivity index (χ2v) is 5.41. The first-order valence-electron chi connectivity index (χ1n) is 7.73. The Kier molecular flexibility index (Phi) is 4.91. The number of hydrogen-bond acceptors (Lipinski definition) is 4. The van der Waals surface area contributed by atoms with Gasteiger partial charge in [-0.05, 0) is 54.1 Å². The molecule has 0 unspecified atom stereocenters. The molecule has 0 amide bonds. The molecule has 5 heteroatoms. The fraction of sp³-hybridized carbons (Fsp3) is 0.100. The number of hydrogen-bond donors (Lipinski definition) is 1. The highest BCUT2D eigenvalue weighted by molar-refractivity contribution is 5.65. The van der Waals surface area contributed by atoms with E-state index in [2.05, 4.69) is 16.4 Å². The van der Waals surface area contributed by atoms with Crippen molar-refractivity contribution in [3.05, 3.63) is 77.6 Å². The third-order valence-corrected chi connectivity index (χ3v) is 3.77. The quantitative estimate of drug-likeness (QED) is 0.753. The van der Waals surface area contributed by atoms with Gasteiger partial charge in [0, 0.05) is 12.1 Å². The van der Waals surface area contributed by atoms with Crippen LogP contribution >= 0.6 is 0 Å². The van der Waals surface area contributed by atoms with Crippen molar-refractivity contribution in [3.63, 3.8) is 0 Å². The lowest BCUT2D eigenvalue weighted by Gasteiger charge is -2.10. The first-order valence-corrected chi connectivity index (χ1v) is 7.73. The number of halogens is 1. The largest absolute Gasteiger partial charge is 0.497 e. The topological polar surface area (TPSA) is 57.9 Å². The standard InChI is InChI=1S/C20H16FN3O/c1-25-18-9-4-15(5-10-18)19-11-6-16(12-22)20(24-19)23-13-14-2-7-17(21)8-3-14/h2-11H,13H2,1H3,(H,23,24). The van der Waals surface area contributed by atoms with E-state index >= 15 is 0 Å². The van der Waals surface area contributed by atoms with E-state index in [-0.39, 0.29) is 5.82 Å². The number of ether oxygens (including phenoxy) is 1. The van der Waals surface area contributed by atoms with Crippen LogP contribution in [-0.2, 0) is 6.54 Å². The molecule has 0 aliphatic carbocycles. The molecule has 2 aromatic carbocycles. The molecule has 1 aromatic heterocycles. The average Bonchev–Trinajstić information content (AvgIpc) is 2.67. The minimum atomic E-state index is -0.277. The molecule has 0 saturated heterocycles. The van der Waals surface area contributed by atoms with Crippen molar-refractivity contribution >= 4 is 5.82 Å².